The van der Waals surface area contributed by atoms with Crippen molar-refractivity contribution >= 4 is 40.2 Å². The predicted molar refractivity (Wildman–Crippen MR) is 159 cm³/mol. The summed E-state index contributed by atoms with van der Waals surface area (Å²) in [6.07, 6.45) is 4.45. The maximum Gasteiger partial charge on any atom is 0.226 e. The Balaban J connectivity index is 1.45. The van der Waals surface area contributed by atoms with Crippen molar-refractivity contribution in [2.75, 3.05) is 23.8 Å². The second-order valence-electron chi connectivity index (χ2n) is 10.8. The normalized spacial score (nSPS) is 20.0. The van der Waals surface area contributed by atoms with Crippen molar-refractivity contribution < 1.29 is 4.79 Å². The fourth-order valence-corrected chi connectivity index (χ4v) is 5.78. The number of fused-ring (bicyclic) bond motifs is 1. The van der Waals surface area contributed by atoms with Crippen LogP contribution in [0, 0.1) is 6.92 Å². The number of benzene rings is 2. The van der Waals surface area contributed by atoms with Crippen LogP contribution in [0.25, 0.3) is 5.57 Å². The fraction of sp³-hybridized carbons (Fsp3) is 0.323. The van der Waals surface area contributed by atoms with E-state index in [1.807, 2.05) is 55.6 Å². The number of pyridine rings is 1. The lowest BCUT2D eigenvalue weighted by molar-refractivity contribution is -0.116. The first-order chi connectivity index (χ1) is 18.1. The van der Waals surface area contributed by atoms with Gasteiger partial charge < -0.3 is 20.4 Å². The first-order valence-electron chi connectivity index (χ1n) is 13.1. The summed E-state index contributed by atoms with van der Waals surface area (Å²) in [5, 5.41) is 7.15. The van der Waals surface area contributed by atoms with E-state index in [4.69, 9.17) is 12.2 Å². The molecule has 0 spiro atoms. The highest BCUT2D eigenvalue weighted by Crippen LogP contribution is 2.43. The molecular formula is C31H35N5OS. The second kappa shape index (κ2) is 10.2. The molecule has 2 aliphatic heterocycles. The van der Waals surface area contributed by atoms with E-state index < -0.39 is 0 Å². The number of nitrogens with zero attached hydrogens (tertiary/aromatic N) is 3. The van der Waals surface area contributed by atoms with Gasteiger partial charge in [-0.15, -0.1) is 0 Å². The maximum atomic E-state index is 12.9. The zero-order valence-corrected chi connectivity index (χ0v) is 23.5. The van der Waals surface area contributed by atoms with Crippen LogP contribution < -0.4 is 15.5 Å². The Hall–Kier alpha value is -3.71. The molecule has 5 rings (SSSR count). The minimum absolute atomic E-state index is 0.0373. The molecule has 196 valence electrons. The number of amides is 1. The fourth-order valence-electron chi connectivity index (χ4n) is 5.45. The minimum Gasteiger partial charge on any atom is -0.366 e. The van der Waals surface area contributed by atoms with Crippen LogP contribution in [0.3, 0.4) is 0 Å². The Morgan fingerprint density at radius 1 is 1.11 bits per heavy atom. The van der Waals surface area contributed by atoms with Gasteiger partial charge in [0.1, 0.15) is 0 Å². The summed E-state index contributed by atoms with van der Waals surface area (Å²) >= 11 is 5.82. The molecule has 0 bridgehead atoms. The Labute approximate surface area is 230 Å². The van der Waals surface area contributed by atoms with Gasteiger partial charge in [-0.1, -0.05) is 35.9 Å². The van der Waals surface area contributed by atoms with Crippen LogP contribution in [0.15, 0.2) is 72.9 Å². The van der Waals surface area contributed by atoms with E-state index >= 15 is 0 Å². The lowest BCUT2D eigenvalue weighted by Gasteiger charge is -2.41. The molecule has 0 unspecified atom stereocenters. The van der Waals surface area contributed by atoms with Crippen LogP contribution in [0.5, 0.6) is 0 Å². The number of allylic oxidation sites excluding steroid dienone is 1. The van der Waals surface area contributed by atoms with Gasteiger partial charge in [-0.3, -0.25) is 9.78 Å². The third-order valence-corrected chi connectivity index (χ3v) is 8.05. The monoisotopic (exact) mass is 525 g/mol. The second-order valence-corrected chi connectivity index (χ2v) is 11.2. The molecule has 0 saturated carbocycles. The van der Waals surface area contributed by atoms with Gasteiger partial charge in [-0.25, -0.2) is 0 Å². The van der Waals surface area contributed by atoms with Crippen LogP contribution in [0.1, 0.15) is 61.7 Å². The molecule has 2 N–H and O–H groups in total. The number of thiocarbonyl (C=S) groups is 1. The third kappa shape index (κ3) is 5.03. The Morgan fingerprint density at radius 2 is 1.87 bits per heavy atom. The molecular weight excluding hydrogens is 490 g/mol. The van der Waals surface area contributed by atoms with E-state index in [1.54, 1.807) is 0 Å². The Morgan fingerprint density at radius 3 is 2.58 bits per heavy atom. The SMILES string of the molecule is CC1=CC(C)(C)N(C)c2ccc([C@@H]3[C@@H](c4ccccn4)NC(=S)N3CCC(=O)Nc3ccc(C)cc3)cc21. The topological polar surface area (TPSA) is 60.5 Å². The molecule has 2 aliphatic rings. The van der Waals surface area contributed by atoms with Crippen molar-refractivity contribution in [2.24, 2.45) is 0 Å². The predicted octanol–water partition coefficient (Wildman–Crippen LogP) is 6.02. The van der Waals surface area contributed by atoms with E-state index in [2.05, 4.69) is 77.5 Å². The molecule has 2 aromatic carbocycles. The molecule has 1 saturated heterocycles. The summed E-state index contributed by atoms with van der Waals surface area (Å²) in [4.78, 5) is 22.0. The number of anilines is 2. The third-order valence-electron chi connectivity index (χ3n) is 7.70. The van der Waals surface area contributed by atoms with Crippen LogP contribution in [-0.4, -0.2) is 40.0 Å². The molecule has 2 atom stereocenters. The Kier molecular flexibility index (Phi) is 6.97. The number of carbonyl (C=O) groups excluding carboxylic acids is 1. The molecule has 3 aromatic rings. The van der Waals surface area contributed by atoms with Crippen LogP contribution in [0.2, 0.25) is 0 Å². The molecule has 1 amide bonds. The molecule has 3 heterocycles. The minimum atomic E-state index is -0.121. The number of hydrogen-bond donors (Lipinski definition) is 2. The summed E-state index contributed by atoms with van der Waals surface area (Å²) < 4.78 is 0. The van der Waals surface area contributed by atoms with Gasteiger partial charge in [0.25, 0.3) is 0 Å². The lowest BCUT2D eigenvalue weighted by Crippen LogP contribution is -2.42. The largest absolute Gasteiger partial charge is 0.366 e. The van der Waals surface area contributed by atoms with E-state index in [-0.39, 0.29) is 23.5 Å². The van der Waals surface area contributed by atoms with Gasteiger partial charge >= 0.3 is 0 Å². The van der Waals surface area contributed by atoms with Crippen molar-refractivity contribution in [2.45, 2.75) is 51.7 Å². The van der Waals surface area contributed by atoms with E-state index in [9.17, 15) is 4.79 Å². The standard InChI is InChI=1S/C31H35N5OS/c1-20-9-12-23(13-10-20)33-27(37)15-17-36-29(28(34-30(36)38)25-8-6-7-16-32-25)22-11-14-26-24(18-22)21(2)19-31(3,4)35(26)5/h6-14,16,18-19,28-29H,15,17H2,1-5H3,(H,33,37)(H,34,38)/t28-,29-/m1/s1. The summed E-state index contributed by atoms with van der Waals surface area (Å²) in [6.45, 7) is 9.16. The zero-order valence-electron chi connectivity index (χ0n) is 22.7. The van der Waals surface area contributed by atoms with Gasteiger partial charge in [0.15, 0.2) is 5.11 Å². The number of aryl methyl sites for hydroxylation is 1. The van der Waals surface area contributed by atoms with Crippen molar-refractivity contribution in [3.63, 3.8) is 0 Å². The number of carbonyl (C=O) groups is 1. The van der Waals surface area contributed by atoms with Gasteiger partial charge in [0.2, 0.25) is 5.91 Å². The molecule has 1 aromatic heterocycles. The highest BCUT2D eigenvalue weighted by molar-refractivity contribution is 7.80. The van der Waals surface area contributed by atoms with Gasteiger partial charge in [0, 0.05) is 43.1 Å². The van der Waals surface area contributed by atoms with Crippen LogP contribution >= 0.6 is 12.2 Å². The first kappa shape index (κ1) is 25.9. The summed E-state index contributed by atoms with van der Waals surface area (Å²) in [6, 6.07) is 20.3. The molecule has 0 aliphatic carbocycles. The van der Waals surface area contributed by atoms with Crippen molar-refractivity contribution in [3.8, 4) is 0 Å². The number of nitrogens with one attached hydrogen (secondary N) is 2. The van der Waals surface area contributed by atoms with Gasteiger partial charge in [-0.2, -0.15) is 0 Å². The quantitative estimate of drug-likeness (QED) is 0.384. The molecule has 0 radical (unpaired) electrons. The van der Waals surface area contributed by atoms with E-state index in [1.165, 1.54) is 16.8 Å². The van der Waals surface area contributed by atoms with Crippen LogP contribution in [0.4, 0.5) is 11.4 Å². The number of likely N-dealkylation sites (N-methyl/N-ethyl adjacent to an activating group) is 1. The van der Waals surface area contributed by atoms with Crippen molar-refractivity contribution in [1.82, 2.24) is 15.2 Å². The molecule has 1 fully saturated rings. The van der Waals surface area contributed by atoms with E-state index in [0.717, 1.165) is 22.5 Å². The number of aromatic nitrogens is 1. The Bertz CT molecular complexity index is 1380. The summed E-state index contributed by atoms with van der Waals surface area (Å²) in [5.41, 5.74) is 7.67. The van der Waals surface area contributed by atoms with Crippen molar-refractivity contribution in [3.05, 3.63) is 95.3 Å². The summed E-state index contributed by atoms with van der Waals surface area (Å²) in [5.74, 6) is -0.0373. The van der Waals surface area contributed by atoms with Gasteiger partial charge in [0.05, 0.1) is 23.3 Å². The smallest absolute Gasteiger partial charge is 0.226 e. The maximum absolute atomic E-state index is 12.9. The number of rotatable bonds is 6. The number of hydrogen-bond acceptors (Lipinski definition) is 4. The highest BCUT2D eigenvalue weighted by atomic mass is 32.1. The summed E-state index contributed by atoms with van der Waals surface area (Å²) in [7, 11) is 2.14. The average molecular weight is 526 g/mol. The van der Waals surface area contributed by atoms with Crippen LogP contribution in [-0.2, 0) is 4.79 Å². The van der Waals surface area contributed by atoms with Gasteiger partial charge in [-0.05, 0) is 87.4 Å². The highest BCUT2D eigenvalue weighted by Gasteiger charge is 2.40. The average Bonchev–Trinajstić information content (AvgIpc) is 3.23. The van der Waals surface area contributed by atoms with E-state index in [0.29, 0.717) is 18.1 Å². The van der Waals surface area contributed by atoms with Crippen molar-refractivity contribution in [1.29, 1.82) is 0 Å². The lowest BCUT2D eigenvalue weighted by atomic mass is 9.86. The first-order valence-corrected chi connectivity index (χ1v) is 13.5. The molecule has 7 heteroatoms. The molecule has 38 heavy (non-hydrogen) atoms. The molecule has 6 nitrogen and oxygen atoms in total. The zero-order chi connectivity index (χ0) is 27.0.